The molecule has 1 amide bonds. The molecule has 0 aliphatic carbocycles. The third-order valence-corrected chi connectivity index (χ3v) is 4.77. The van der Waals surface area contributed by atoms with Gasteiger partial charge in [0.25, 0.3) is 0 Å². The molecule has 1 aromatic carbocycles. The molecule has 0 atom stereocenters. The molecule has 0 bridgehead atoms. The summed E-state index contributed by atoms with van der Waals surface area (Å²) in [5.41, 5.74) is 9.72. The lowest BCUT2D eigenvalue weighted by Crippen LogP contribution is -2.48. The van der Waals surface area contributed by atoms with Gasteiger partial charge in [-0.1, -0.05) is 32.0 Å². The van der Waals surface area contributed by atoms with Gasteiger partial charge in [-0.05, 0) is 24.0 Å². The topological polar surface area (TPSA) is 74.0 Å². The van der Waals surface area contributed by atoms with Gasteiger partial charge in [0.2, 0.25) is 5.91 Å². The van der Waals surface area contributed by atoms with E-state index in [1.165, 1.54) is 11.1 Å². The fourth-order valence-corrected chi connectivity index (χ4v) is 3.17. The Kier molecular flexibility index (Phi) is 9.93. The third kappa shape index (κ3) is 6.42. The Morgan fingerprint density at radius 1 is 1.15 bits per heavy atom. The Morgan fingerprint density at radius 3 is 2.23 bits per heavy atom. The van der Waals surface area contributed by atoms with E-state index in [0.29, 0.717) is 12.5 Å². The average molecular weight is 473 g/mol. The van der Waals surface area contributed by atoms with Crippen LogP contribution < -0.4 is 11.1 Å². The van der Waals surface area contributed by atoms with Crippen LogP contribution in [0, 0.1) is 0 Å². The number of hydrogen-bond donors (Lipinski definition) is 2. The quantitative estimate of drug-likeness (QED) is 0.378. The van der Waals surface area contributed by atoms with E-state index in [-0.39, 0.29) is 29.9 Å². The van der Waals surface area contributed by atoms with E-state index in [2.05, 4.69) is 47.3 Å². The number of halogens is 1. The monoisotopic (exact) mass is 473 g/mol. The highest BCUT2D eigenvalue weighted by Crippen LogP contribution is 2.22. The number of benzene rings is 1. The van der Waals surface area contributed by atoms with Gasteiger partial charge in [-0.15, -0.1) is 24.0 Å². The molecule has 1 aliphatic heterocycles. The Labute approximate surface area is 174 Å². The van der Waals surface area contributed by atoms with Gasteiger partial charge in [0, 0.05) is 45.3 Å². The zero-order chi connectivity index (χ0) is 18.2. The first kappa shape index (κ1) is 22.7. The summed E-state index contributed by atoms with van der Waals surface area (Å²) in [6.45, 7) is 10.9. The van der Waals surface area contributed by atoms with Gasteiger partial charge in [0.05, 0.1) is 6.54 Å². The van der Waals surface area contributed by atoms with Gasteiger partial charge >= 0.3 is 0 Å². The van der Waals surface area contributed by atoms with Gasteiger partial charge in [0.15, 0.2) is 5.96 Å². The van der Waals surface area contributed by atoms with Crippen LogP contribution in [0.3, 0.4) is 0 Å². The van der Waals surface area contributed by atoms with E-state index < -0.39 is 0 Å². The molecule has 0 aromatic heterocycles. The summed E-state index contributed by atoms with van der Waals surface area (Å²) >= 11 is 0. The fourth-order valence-electron chi connectivity index (χ4n) is 3.17. The van der Waals surface area contributed by atoms with Crippen LogP contribution in [0.25, 0.3) is 0 Å². The SMILES string of the molecule is CCc1cccc(CC)c1NC(N)=NCCN1CCN(C(C)=O)CC1.I. The van der Waals surface area contributed by atoms with E-state index in [9.17, 15) is 4.79 Å². The summed E-state index contributed by atoms with van der Waals surface area (Å²) in [5, 5.41) is 3.30. The van der Waals surface area contributed by atoms with Crippen molar-refractivity contribution in [2.45, 2.75) is 33.6 Å². The standard InChI is InChI=1S/C19H31N5O.HI/c1-4-16-7-6-8-17(5-2)18(16)22-19(20)21-9-10-23-11-13-24(14-12-23)15(3)25;/h6-8H,4-5,9-14H2,1-3H3,(H3,20,21,22);1H. The molecule has 146 valence electrons. The first-order valence-corrected chi connectivity index (χ1v) is 9.20. The van der Waals surface area contributed by atoms with Crippen LogP contribution in [0.4, 0.5) is 5.69 Å². The van der Waals surface area contributed by atoms with Crippen LogP contribution in [-0.2, 0) is 17.6 Å². The lowest BCUT2D eigenvalue weighted by molar-refractivity contribution is -0.130. The highest BCUT2D eigenvalue weighted by atomic mass is 127. The van der Waals surface area contributed by atoms with Gasteiger partial charge in [-0.25, -0.2) is 0 Å². The number of nitrogens with one attached hydrogen (secondary N) is 1. The van der Waals surface area contributed by atoms with Gasteiger partial charge in [-0.3, -0.25) is 14.7 Å². The normalized spacial score (nSPS) is 15.5. The molecule has 0 spiro atoms. The van der Waals surface area contributed by atoms with Crippen molar-refractivity contribution < 1.29 is 4.79 Å². The molecular weight excluding hydrogens is 441 g/mol. The maximum atomic E-state index is 11.3. The minimum atomic E-state index is 0. The number of carbonyl (C=O) groups is 1. The van der Waals surface area contributed by atoms with E-state index in [4.69, 9.17) is 5.73 Å². The first-order chi connectivity index (χ1) is 12.0. The number of anilines is 1. The molecule has 26 heavy (non-hydrogen) atoms. The number of aryl methyl sites for hydroxylation is 2. The van der Waals surface area contributed by atoms with Crippen molar-refractivity contribution in [2.24, 2.45) is 10.7 Å². The van der Waals surface area contributed by atoms with Crippen LogP contribution in [0.1, 0.15) is 31.9 Å². The van der Waals surface area contributed by atoms with Crippen molar-refractivity contribution in [1.82, 2.24) is 9.80 Å². The molecular formula is C19H32IN5O. The number of nitrogens with two attached hydrogens (primary N) is 1. The lowest BCUT2D eigenvalue weighted by Gasteiger charge is -2.33. The number of carbonyl (C=O) groups excluding carboxylic acids is 1. The van der Waals surface area contributed by atoms with E-state index >= 15 is 0 Å². The number of piperazine rings is 1. The Hall–Kier alpha value is -1.35. The van der Waals surface area contributed by atoms with E-state index in [1.54, 1.807) is 6.92 Å². The maximum absolute atomic E-state index is 11.3. The van der Waals surface area contributed by atoms with E-state index in [1.807, 2.05) is 4.90 Å². The highest BCUT2D eigenvalue weighted by Gasteiger charge is 2.17. The molecule has 1 aromatic rings. The number of hydrogen-bond acceptors (Lipinski definition) is 3. The van der Waals surface area contributed by atoms with Crippen molar-refractivity contribution >= 4 is 41.5 Å². The van der Waals surface area contributed by atoms with Crippen molar-refractivity contribution in [3.8, 4) is 0 Å². The molecule has 0 unspecified atom stereocenters. The predicted octanol–water partition coefficient (Wildman–Crippen LogP) is 2.32. The van der Waals surface area contributed by atoms with Crippen molar-refractivity contribution in [2.75, 3.05) is 44.6 Å². The van der Waals surface area contributed by atoms with Crippen LogP contribution >= 0.6 is 24.0 Å². The number of amides is 1. The van der Waals surface area contributed by atoms with Crippen LogP contribution in [-0.4, -0.2) is 60.9 Å². The molecule has 3 N–H and O–H groups in total. The zero-order valence-electron chi connectivity index (χ0n) is 16.1. The van der Waals surface area contributed by atoms with Crippen molar-refractivity contribution in [1.29, 1.82) is 0 Å². The fraction of sp³-hybridized carbons (Fsp3) is 0.579. The second kappa shape index (κ2) is 11.4. The summed E-state index contributed by atoms with van der Waals surface area (Å²) in [5.74, 6) is 0.630. The largest absolute Gasteiger partial charge is 0.370 e. The summed E-state index contributed by atoms with van der Waals surface area (Å²) in [6, 6.07) is 6.35. The van der Waals surface area contributed by atoms with E-state index in [0.717, 1.165) is 51.3 Å². The smallest absolute Gasteiger partial charge is 0.219 e. The summed E-state index contributed by atoms with van der Waals surface area (Å²) < 4.78 is 0. The minimum Gasteiger partial charge on any atom is -0.370 e. The van der Waals surface area contributed by atoms with Gasteiger partial charge in [-0.2, -0.15) is 0 Å². The molecule has 1 heterocycles. The molecule has 6 nitrogen and oxygen atoms in total. The lowest BCUT2D eigenvalue weighted by atomic mass is 10.0. The molecule has 7 heteroatoms. The average Bonchev–Trinajstić information content (AvgIpc) is 2.62. The van der Waals surface area contributed by atoms with Gasteiger partial charge in [0.1, 0.15) is 0 Å². The highest BCUT2D eigenvalue weighted by molar-refractivity contribution is 14.0. The summed E-state index contributed by atoms with van der Waals surface area (Å²) in [6.07, 6.45) is 1.92. The second-order valence-corrected chi connectivity index (χ2v) is 6.40. The molecule has 2 rings (SSSR count). The first-order valence-electron chi connectivity index (χ1n) is 9.20. The van der Waals surface area contributed by atoms with Crippen LogP contribution in [0.2, 0.25) is 0 Å². The Bertz CT molecular complexity index is 590. The predicted molar refractivity (Wildman–Crippen MR) is 119 cm³/mol. The molecule has 0 radical (unpaired) electrons. The third-order valence-electron chi connectivity index (χ3n) is 4.77. The van der Waals surface area contributed by atoms with Crippen molar-refractivity contribution in [3.05, 3.63) is 29.3 Å². The number of rotatable bonds is 6. The summed E-state index contributed by atoms with van der Waals surface area (Å²) in [7, 11) is 0. The molecule has 1 fully saturated rings. The van der Waals surface area contributed by atoms with Crippen molar-refractivity contribution in [3.63, 3.8) is 0 Å². The molecule has 1 aliphatic rings. The maximum Gasteiger partial charge on any atom is 0.219 e. The Morgan fingerprint density at radius 2 is 1.73 bits per heavy atom. The van der Waals surface area contributed by atoms with Gasteiger partial charge < -0.3 is 16.0 Å². The molecule has 1 saturated heterocycles. The number of para-hydroxylation sites is 1. The minimum absolute atomic E-state index is 0. The molecule has 0 saturated carbocycles. The number of nitrogens with zero attached hydrogens (tertiary/aromatic N) is 3. The second-order valence-electron chi connectivity index (χ2n) is 6.40. The number of aliphatic imine (C=N–C) groups is 1. The summed E-state index contributed by atoms with van der Waals surface area (Å²) in [4.78, 5) is 20.0. The van der Waals surface area contributed by atoms with Crippen LogP contribution in [0.5, 0.6) is 0 Å². The van der Waals surface area contributed by atoms with Crippen LogP contribution in [0.15, 0.2) is 23.2 Å². The Balaban J connectivity index is 0.00000338. The zero-order valence-corrected chi connectivity index (χ0v) is 18.5. The number of guanidine groups is 1.